The Hall–Kier alpha value is -3.68. The fourth-order valence-electron chi connectivity index (χ4n) is 3.32. The zero-order valence-electron chi connectivity index (χ0n) is 15.1. The number of ether oxygens (including phenoxy) is 1. The van der Waals surface area contributed by atoms with Gasteiger partial charge in [0, 0.05) is 18.1 Å². The number of nitrogens with zero attached hydrogens (tertiary/aromatic N) is 4. The molecule has 0 aliphatic carbocycles. The lowest BCUT2D eigenvalue weighted by Crippen LogP contribution is -2.16. The molecule has 1 amide bonds. The number of anilines is 1. The number of nitrogens with one attached hydrogen (secondary N) is 2. The van der Waals surface area contributed by atoms with Crippen LogP contribution in [0.2, 0.25) is 0 Å². The van der Waals surface area contributed by atoms with Crippen LogP contribution in [-0.4, -0.2) is 31.1 Å². The van der Waals surface area contributed by atoms with E-state index in [-0.39, 0.29) is 11.9 Å². The molecule has 0 fully saturated rings. The molecule has 8 nitrogen and oxygen atoms in total. The first-order chi connectivity index (χ1) is 13.0. The first-order valence-corrected chi connectivity index (χ1v) is 8.42. The van der Waals surface area contributed by atoms with Crippen molar-refractivity contribution in [3.05, 3.63) is 59.3 Å². The van der Waals surface area contributed by atoms with E-state index >= 15 is 0 Å². The van der Waals surface area contributed by atoms with Crippen molar-refractivity contribution in [2.24, 2.45) is 7.05 Å². The maximum absolute atomic E-state index is 12.9. The lowest BCUT2D eigenvalue weighted by atomic mass is 10.1. The highest BCUT2D eigenvalue weighted by molar-refractivity contribution is 6.08. The lowest BCUT2D eigenvalue weighted by Gasteiger charge is -2.09. The number of benzene rings is 2. The molecule has 0 saturated heterocycles. The maximum atomic E-state index is 12.9. The van der Waals surface area contributed by atoms with Gasteiger partial charge in [0.05, 0.1) is 5.52 Å². The Morgan fingerprint density at radius 2 is 1.93 bits per heavy atom. The first-order valence-electron chi connectivity index (χ1n) is 8.42. The lowest BCUT2D eigenvalue weighted by molar-refractivity contribution is 0.101. The van der Waals surface area contributed by atoms with Crippen LogP contribution in [0, 0.1) is 13.8 Å². The van der Waals surface area contributed by atoms with Crippen molar-refractivity contribution in [1.82, 2.24) is 25.2 Å². The Morgan fingerprint density at radius 1 is 1.15 bits per heavy atom. The summed E-state index contributed by atoms with van der Waals surface area (Å²) in [6.07, 6.45) is 0. The highest BCUT2D eigenvalue weighted by Gasteiger charge is 2.19. The van der Waals surface area contributed by atoms with E-state index in [0.717, 1.165) is 22.0 Å². The number of aryl methyl sites for hydroxylation is 3. The number of fused-ring (bicyclic) bond motifs is 1. The quantitative estimate of drug-likeness (QED) is 0.580. The van der Waals surface area contributed by atoms with Gasteiger partial charge in [0.25, 0.3) is 5.91 Å². The number of carbonyl (C=O) groups excluding carboxylic acids is 1. The maximum Gasteiger partial charge on any atom is 0.361 e. The summed E-state index contributed by atoms with van der Waals surface area (Å²) in [5, 5.41) is 17.2. The van der Waals surface area contributed by atoms with Crippen LogP contribution in [-0.2, 0) is 7.05 Å². The van der Waals surface area contributed by atoms with Gasteiger partial charge in [-0.1, -0.05) is 28.4 Å². The van der Waals surface area contributed by atoms with E-state index in [2.05, 4.69) is 25.9 Å². The highest BCUT2D eigenvalue weighted by Crippen LogP contribution is 2.28. The van der Waals surface area contributed by atoms with Gasteiger partial charge in [0.1, 0.15) is 11.4 Å². The second kappa shape index (κ2) is 6.56. The van der Waals surface area contributed by atoms with Gasteiger partial charge in [0.15, 0.2) is 0 Å². The van der Waals surface area contributed by atoms with Crippen LogP contribution in [0.4, 0.5) is 5.69 Å². The number of hydrogen-bond acceptors (Lipinski definition) is 5. The van der Waals surface area contributed by atoms with Gasteiger partial charge < -0.3 is 14.6 Å². The van der Waals surface area contributed by atoms with Crippen LogP contribution in [0.15, 0.2) is 42.5 Å². The molecule has 0 spiro atoms. The third kappa shape index (κ3) is 3.01. The van der Waals surface area contributed by atoms with Gasteiger partial charge in [0.2, 0.25) is 0 Å². The molecule has 0 bridgehead atoms. The summed E-state index contributed by atoms with van der Waals surface area (Å²) in [5.41, 5.74) is 4.49. The Labute approximate surface area is 155 Å². The summed E-state index contributed by atoms with van der Waals surface area (Å²) < 4.78 is 7.37. The Kier molecular flexibility index (Phi) is 4.08. The van der Waals surface area contributed by atoms with Crippen molar-refractivity contribution in [3.63, 3.8) is 0 Å². The zero-order valence-corrected chi connectivity index (χ0v) is 15.1. The number of aromatic nitrogens is 5. The second-order valence-electron chi connectivity index (χ2n) is 6.28. The summed E-state index contributed by atoms with van der Waals surface area (Å²) in [4.78, 5) is 12.9. The molecule has 27 heavy (non-hydrogen) atoms. The molecule has 4 aromatic rings. The van der Waals surface area contributed by atoms with Crippen LogP contribution in [0.3, 0.4) is 0 Å². The predicted octanol–water partition coefficient (Wildman–Crippen LogP) is 3.35. The van der Waals surface area contributed by atoms with Crippen LogP contribution in [0.25, 0.3) is 10.9 Å². The summed E-state index contributed by atoms with van der Waals surface area (Å²) in [7, 11) is 1.92. The van der Waals surface area contributed by atoms with Gasteiger partial charge in [-0.3, -0.25) is 4.79 Å². The van der Waals surface area contributed by atoms with Gasteiger partial charge in [-0.25, -0.2) is 0 Å². The monoisotopic (exact) mass is 362 g/mol. The van der Waals surface area contributed by atoms with E-state index in [1.165, 1.54) is 0 Å². The predicted molar refractivity (Wildman–Crippen MR) is 101 cm³/mol. The van der Waals surface area contributed by atoms with Gasteiger partial charge in [-0.05, 0) is 54.5 Å². The molecule has 0 radical (unpaired) electrons. The molecular weight excluding hydrogens is 344 g/mol. The molecule has 0 aliphatic heterocycles. The molecule has 136 valence electrons. The Bertz CT molecular complexity index is 1110. The van der Waals surface area contributed by atoms with Crippen molar-refractivity contribution in [2.45, 2.75) is 13.8 Å². The number of aromatic amines is 1. The Morgan fingerprint density at radius 3 is 2.59 bits per heavy atom. The average Bonchev–Trinajstić information content (AvgIpc) is 3.24. The number of amides is 1. The first kappa shape index (κ1) is 16.8. The van der Waals surface area contributed by atoms with E-state index in [4.69, 9.17) is 4.74 Å². The molecule has 0 aliphatic rings. The number of tetrazole rings is 1. The fraction of sp³-hybridized carbons (Fsp3) is 0.158. The summed E-state index contributed by atoms with van der Waals surface area (Å²) in [5.74, 6) is 0.392. The molecule has 0 saturated carbocycles. The van der Waals surface area contributed by atoms with Gasteiger partial charge in [-0.15, -0.1) is 0 Å². The van der Waals surface area contributed by atoms with Crippen LogP contribution in [0.5, 0.6) is 11.8 Å². The summed E-state index contributed by atoms with van der Waals surface area (Å²) in [6, 6.07) is 13.2. The minimum atomic E-state index is -0.155. The molecule has 0 unspecified atom stereocenters. The third-order valence-corrected chi connectivity index (χ3v) is 4.53. The van der Waals surface area contributed by atoms with Gasteiger partial charge >= 0.3 is 6.01 Å². The standard InChI is InChI=1S/C19H18N6O2/c1-11-5-4-6-15-12(2)17(25(3)16(11)15)18(26)20-13-7-9-14(10-8-13)27-19-21-23-24-22-19/h4-10H,1-3H3,(H,20,26)(H,21,22,23,24). The topological polar surface area (TPSA) is 97.7 Å². The minimum absolute atomic E-state index is 0.133. The molecule has 8 heteroatoms. The number of para-hydroxylation sites is 1. The van der Waals surface area contributed by atoms with Gasteiger partial charge in [-0.2, -0.15) is 5.21 Å². The van der Waals surface area contributed by atoms with E-state index in [9.17, 15) is 4.79 Å². The van der Waals surface area contributed by atoms with Crippen molar-refractivity contribution < 1.29 is 9.53 Å². The SMILES string of the molecule is Cc1c(C(=O)Nc2ccc(Oc3nn[nH]n3)cc2)n(C)c2c(C)cccc12. The van der Waals surface area contributed by atoms with Crippen molar-refractivity contribution in [3.8, 4) is 11.8 Å². The van der Waals surface area contributed by atoms with E-state index in [1.807, 2.05) is 43.7 Å². The second-order valence-corrected chi connectivity index (χ2v) is 6.28. The normalized spacial score (nSPS) is 10.9. The molecule has 0 atom stereocenters. The average molecular weight is 362 g/mol. The molecule has 2 N–H and O–H groups in total. The van der Waals surface area contributed by atoms with E-state index in [1.54, 1.807) is 24.3 Å². The molecular formula is C19H18N6O2. The van der Waals surface area contributed by atoms with E-state index in [0.29, 0.717) is 17.1 Å². The van der Waals surface area contributed by atoms with Crippen molar-refractivity contribution in [2.75, 3.05) is 5.32 Å². The fourth-order valence-corrected chi connectivity index (χ4v) is 3.32. The molecule has 2 heterocycles. The number of H-pyrrole nitrogens is 1. The van der Waals surface area contributed by atoms with Crippen molar-refractivity contribution >= 4 is 22.5 Å². The number of rotatable bonds is 4. The molecule has 2 aromatic carbocycles. The van der Waals surface area contributed by atoms with Crippen LogP contribution < -0.4 is 10.1 Å². The molecule has 2 aromatic heterocycles. The van der Waals surface area contributed by atoms with Crippen LogP contribution >= 0.6 is 0 Å². The van der Waals surface area contributed by atoms with Crippen LogP contribution in [0.1, 0.15) is 21.6 Å². The third-order valence-electron chi connectivity index (χ3n) is 4.53. The molecule has 4 rings (SSSR count). The highest BCUT2D eigenvalue weighted by atomic mass is 16.5. The Balaban J connectivity index is 1.57. The zero-order chi connectivity index (χ0) is 19.0. The number of hydrogen-bond donors (Lipinski definition) is 2. The van der Waals surface area contributed by atoms with E-state index < -0.39 is 0 Å². The summed E-state index contributed by atoms with van der Waals surface area (Å²) in [6.45, 7) is 4.02. The smallest absolute Gasteiger partial charge is 0.361 e. The van der Waals surface area contributed by atoms with Crippen molar-refractivity contribution in [1.29, 1.82) is 0 Å². The summed E-state index contributed by atoms with van der Waals surface area (Å²) >= 11 is 0. The minimum Gasteiger partial charge on any atom is -0.422 e. The largest absolute Gasteiger partial charge is 0.422 e. The number of carbonyl (C=O) groups is 1.